The first-order valence-electron chi connectivity index (χ1n) is 12.4. The molecule has 0 bridgehead atoms. The summed E-state index contributed by atoms with van der Waals surface area (Å²) in [6, 6.07) is 17.3. The number of methoxy groups -OCH3 is 1. The van der Waals surface area contributed by atoms with Crippen LogP contribution in [0, 0.1) is 5.92 Å². The summed E-state index contributed by atoms with van der Waals surface area (Å²) in [6.45, 7) is 7.52. The number of carbonyl (C=O) groups is 3. The van der Waals surface area contributed by atoms with Crippen molar-refractivity contribution in [2.75, 3.05) is 13.7 Å². The van der Waals surface area contributed by atoms with Crippen molar-refractivity contribution >= 4 is 40.6 Å². The van der Waals surface area contributed by atoms with Gasteiger partial charge in [0.15, 0.2) is 5.78 Å². The molecule has 1 N–H and O–H groups in total. The maximum Gasteiger partial charge on any atom is 0.330 e. The van der Waals surface area contributed by atoms with Crippen LogP contribution >= 0.6 is 22.9 Å². The van der Waals surface area contributed by atoms with Crippen molar-refractivity contribution in [3.63, 3.8) is 0 Å². The van der Waals surface area contributed by atoms with Crippen LogP contribution in [0.5, 0.6) is 0 Å². The third-order valence-electron chi connectivity index (χ3n) is 7.47. The van der Waals surface area contributed by atoms with E-state index in [0.717, 1.165) is 5.56 Å². The molecule has 1 aliphatic heterocycles. The molecule has 1 saturated heterocycles. The highest BCUT2D eigenvalue weighted by Crippen LogP contribution is 2.57. The molecular weight excluding hydrogens is 522 g/mol. The second-order valence-corrected chi connectivity index (χ2v) is 12.2. The van der Waals surface area contributed by atoms with Gasteiger partial charge in [-0.1, -0.05) is 74.8 Å². The predicted molar refractivity (Wildman–Crippen MR) is 149 cm³/mol. The summed E-state index contributed by atoms with van der Waals surface area (Å²) < 4.78 is 5.17. The normalized spacial score (nSPS) is 23.4. The van der Waals surface area contributed by atoms with Gasteiger partial charge in [-0.25, -0.2) is 4.79 Å². The number of halogens is 1. The number of ether oxygens (including phenoxy) is 1. The van der Waals surface area contributed by atoms with Crippen molar-refractivity contribution in [1.29, 1.82) is 0 Å². The summed E-state index contributed by atoms with van der Waals surface area (Å²) in [7, 11) is 1.39. The number of rotatable bonds is 7. The second-order valence-electron chi connectivity index (χ2n) is 10.9. The van der Waals surface area contributed by atoms with Crippen molar-refractivity contribution in [3.05, 3.63) is 92.6 Å². The first-order chi connectivity index (χ1) is 17.9. The Kier molecular flexibility index (Phi) is 7.84. The molecule has 1 amide bonds. The lowest BCUT2D eigenvalue weighted by Gasteiger charge is -2.38. The number of nitrogens with zero attached hydrogens (tertiary/aromatic N) is 1. The fourth-order valence-corrected chi connectivity index (χ4v) is 6.43. The van der Waals surface area contributed by atoms with Gasteiger partial charge in [0.25, 0.3) is 0 Å². The van der Waals surface area contributed by atoms with Crippen LogP contribution in [0.2, 0.25) is 5.02 Å². The SMILES string of the molecule is COCC(=O)N1C(c2ccc(Cl)cc2)C(C(=O)c2cccs2)C(c2ccc(C(C)(C)C)cc2)C1(C)C(=O)O. The lowest BCUT2D eigenvalue weighted by atomic mass is 9.72. The van der Waals surface area contributed by atoms with E-state index in [1.165, 1.54) is 30.3 Å². The number of benzene rings is 2. The number of Topliss-reactive ketones (excluding diaryl/α,β-unsaturated/α-hetero) is 1. The summed E-state index contributed by atoms with van der Waals surface area (Å²) >= 11 is 7.47. The fraction of sp³-hybridized carbons (Fsp3) is 0.367. The third kappa shape index (κ3) is 4.91. The van der Waals surface area contributed by atoms with Gasteiger partial charge in [-0.2, -0.15) is 0 Å². The number of carbonyl (C=O) groups excluding carboxylic acids is 2. The first kappa shape index (κ1) is 28.0. The Morgan fingerprint density at radius 1 is 1.03 bits per heavy atom. The predicted octanol–water partition coefficient (Wildman–Crippen LogP) is 6.35. The highest BCUT2D eigenvalue weighted by Gasteiger charge is 2.64. The Hall–Kier alpha value is -3.00. The quantitative estimate of drug-likeness (QED) is 0.344. The molecule has 200 valence electrons. The van der Waals surface area contributed by atoms with Crippen molar-refractivity contribution in [2.24, 2.45) is 5.92 Å². The molecule has 0 aliphatic carbocycles. The molecule has 4 unspecified atom stereocenters. The summed E-state index contributed by atoms with van der Waals surface area (Å²) in [6.07, 6.45) is 0. The van der Waals surface area contributed by atoms with E-state index in [9.17, 15) is 19.5 Å². The van der Waals surface area contributed by atoms with Gasteiger partial charge in [-0.3, -0.25) is 9.59 Å². The van der Waals surface area contributed by atoms with Crippen LogP contribution in [0.1, 0.15) is 66.0 Å². The van der Waals surface area contributed by atoms with E-state index in [1.54, 1.807) is 36.4 Å². The zero-order valence-corrected chi connectivity index (χ0v) is 23.7. The van der Waals surface area contributed by atoms with Crippen molar-refractivity contribution in [3.8, 4) is 0 Å². The van der Waals surface area contributed by atoms with Gasteiger partial charge >= 0.3 is 5.97 Å². The molecule has 3 aromatic rings. The lowest BCUT2D eigenvalue weighted by molar-refractivity contribution is -0.159. The zero-order chi connectivity index (χ0) is 27.8. The number of ketones is 1. The molecule has 2 heterocycles. The molecule has 4 rings (SSSR count). The number of amides is 1. The van der Waals surface area contributed by atoms with E-state index in [2.05, 4.69) is 20.8 Å². The highest BCUT2D eigenvalue weighted by atomic mass is 35.5. The van der Waals surface area contributed by atoms with Crippen LogP contribution in [-0.4, -0.2) is 46.9 Å². The monoisotopic (exact) mass is 553 g/mol. The first-order valence-corrected chi connectivity index (χ1v) is 13.6. The Labute approximate surface area is 232 Å². The third-order valence-corrected chi connectivity index (χ3v) is 8.60. The number of thiophene rings is 1. The van der Waals surface area contributed by atoms with Crippen LogP contribution in [-0.2, 0) is 19.7 Å². The topological polar surface area (TPSA) is 83.9 Å². The van der Waals surface area contributed by atoms with Crippen LogP contribution in [0.4, 0.5) is 0 Å². The minimum absolute atomic E-state index is 0.108. The van der Waals surface area contributed by atoms with E-state index in [0.29, 0.717) is 21.0 Å². The van der Waals surface area contributed by atoms with Crippen molar-refractivity contribution in [2.45, 2.75) is 50.6 Å². The summed E-state index contributed by atoms with van der Waals surface area (Å²) in [5.74, 6) is -3.59. The van der Waals surface area contributed by atoms with Crippen molar-refractivity contribution < 1.29 is 24.2 Å². The minimum atomic E-state index is -1.74. The molecule has 0 spiro atoms. The van der Waals surface area contributed by atoms with E-state index < -0.39 is 35.3 Å². The molecule has 8 heteroatoms. The van der Waals surface area contributed by atoms with Crippen LogP contribution in [0.15, 0.2) is 66.0 Å². The summed E-state index contributed by atoms with van der Waals surface area (Å²) in [5.41, 5.74) is 0.558. The van der Waals surface area contributed by atoms with Gasteiger partial charge in [0.05, 0.1) is 16.8 Å². The Bertz CT molecular complexity index is 1310. The van der Waals surface area contributed by atoms with Gasteiger partial charge in [-0.15, -0.1) is 11.3 Å². The van der Waals surface area contributed by atoms with E-state index in [-0.39, 0.29) is 17.8 Å². The van der Waals surface area contributed by atoms with E-state index >= 15 is 0 Å². The average molecular weight is 554 g/mol. The maximum atomic E-state index is 14.2. The molecule has 0 saturated carbocycles. The Balaban J connectivity index is 2.01. The summed E-state index contributed by atoms with van der Waals surface area (Å²) in [5, 5.41) is 13.1. The Morgan fingerprint density at radius 2 is 1.63 bits per heavy atom. The molecule has 1 aromatic heterocycles. The number of aliphatic carboxylic acids is 1. The molecule has 1 fully saturated rings. The second kappa shape index (κ2) is 10.6. The zero-order valence-electron chi connectivity index (χ0n) is 22.1. The minimum Gasteiger partial charge on any atom is -0.479 e. The molecule has 6 nitrogen and oxygen atoms in total. The summed E-state index contributed by atoms with van der Waals surface area (Å²) in [4.78, 5) is 42.9. The molecular formula is C30H32ClNO5S. The van der Waals surface area contributed by atoms with Crippen LogP contribution in [0.25, 0.3) is 0 Å². The average Bonchev–Trinajstić information content (AvgIpc) is 3.49. The van der Waals surface area contributed by atoms with Crippen molar-refractivity contribution in [1.82, 2.24) is 4.90 Å². The molecule has 38 heavy (non-hydrogen) atoms. The fourth-order valence-electron chi connectivity index (χ4n) is 5.59. The van der Waals surface area contributed by atoms with Gasteiger partial charge in [0, 0.05) is 18.1 Å². The van der Waals surface area contributed by atoms with Gasteiger partial charge in [0.1, 0.15) is 12.1 Å². The molecule has 0 radical (unpaired) electrons. The number of carboxylic acids is 1. The highest BCUT2D eigenvalue weighted by molar-refractivity contribution is 7.12. The van der Waals surface area contributed by atoms with Gasteiger partial charge < -0.3 is 14.7 Å². The van der Waals surface area contributed by atoms with Crippen LogP contribution < -0.4 is 0 Å². The maximum absolute atomic E-state index is 14.2. The molecule has 2 aromatic carbocycles. The molecule has 4 atom stereocenters. The molecule has 1 aliphatic rings. The number of carboxylic acid groups (broad SMARTS) is 1. The largest absolute Gasteiger partial charge is 0.479 e. The standard InChI is InChI=1S/C30H32ClNO5S/c1-29(2,3)20-12-8-18(9-13-20)25-24(27(34)22-7-6-16-38-22)26(19-10-14-21(31)15-11-19)32(23(33)17-37-5)30(25,4)28(35)36/h6-16,24-26H,17H2,1-5H3,(H,35,36). The van der Waals surface area contributed by atoms with E-state index in [4.69, 9.17) is 16.3 Å². The van der Waals surface area contributed by atoms with Gasteiger partial charge in [0.2, 0.25) is 5.91 Å². The van der Waals surface area contributed by atoms with E-state index in [1.807, 2.05) is 29.6 Å². The van der Waals surface area contributed by atoms with Crippen LogP contribution in [0.3, 0.4) is 0 Å². The lowest BCUT2D eigenvalue weighted by Crippen LogP contribution is -2.55. The van der Waals surface area contributed by atoms with Gasteiger partial charge in [-0.05, 0) is 52.6 Å². The number of hydrogen-bond donors (Lipinski definition) is 1. The smallest absolute Gasteiger partial charge is 0.330 e. The number of likely N-dealkylation sites (tertiary alicyclic amines) is 1. The Morgan fingerprint density at radius 3 is 2.13 bits per heavy atom. The number of hydrogen-bond acceptors (Lipinski definition) is 5.